The van der Waals surface area contributed by atoms with Crippen molar-refractivity contribution < 1.29 is 30.7 Å². The predicted molar refractivity (Wildman–Crippen MR) is 178 cm³/mol. The number of hydrogen-bond acceptors (Lipinski definition) is 5. The Bertz CT molecular complexity index is 1290. The van der Waals surface area contributed by atoms with Crippen molar-refractivity contribution in [1.29, 1.82) is 0 Å². The molecule has 3 fully saturated rings. The second-order valence-corrected chi connectivity index (χ2v) is 19.0. The molecular formula is C35H54F3NO3S3. The van der Waals surface area contributed by atoms with Crippen LogP contribution in [0.25, 0.3) is 0 Å². The summed E-state index contributed by atoms with van der Waals surface area (Å²) in [6.45, 7) is 16.1. The Morgan fingerprint density at radius 3 is 2.40 bits per heavy atom. The quantitative estimate of drug-likeness (QED) is 0.0849. The molecule has 0 aliphatic heterocycles. The normalized spacial score (nSPS) is 33.8. The van der Waals surface area contributed by atoms with E-state index in [0.29, 0.717) is 10.8 Å². The molecule has 0 radical (unpaired) electrons. The Morgan fingerprint density at radius 2 is 1.76 bits per heavy atom. The number of halogens is 3. The molecule has 256 valence electrons. The molecule has 0 N–H and O–H groups in total. The lowest BCUT2D eigenvalue weighted by Crippen LogP contribution is -2.50. The number of rotatable bonds is 9. The Kier molecular flexibility index (Phi) is 12.2. The summed E-state index contributed by atoms with van der Waals surface area (Å²) in [7, 11) is -1.93. The monoisotopic (exact) mass is 689 g/mol. The summed E-state index contributed by atoms with van der Waals surface area (Å²) in [6, 6.07) is 6.63. The van der Waals surface area contributed by atoms with Gasteiger partial charge in [-0.05, 0) is 111 Å². The highest BCUT2D eigenvalue weighted by atomic mass is 33.1. The summed E-state index contributed by atoms with van der Waals surface area (Å²) in [4.78, 5) is 0. The van der Waals surface area contributed by atoms with Crippen molar-refractivity contribution in [1.82, 2.24) is 0 Å². The van der Waals surface area contributed by atoms with Crippen LogP contribution in [-0.2, 0) is 16.7 Å². The van der Waals surface area contributed by atoms with E-state index in [1.807, 2.05) is 16.4 Å². The van der Waals surface area contributed by atoms with Crippen molar-refractivity contribution in [2.45, 2.75) is 135 Å². The zero-order valence-electron chi connectivity index (χ0n) is 27.9. The maximum Gasteiger partial charge on any atom is 0.485 e. The Morgan fingerprint density at radius 1 is 1.04 bits per heavy atom. The van der Waals surface area contributed by atoms with E-state index in [0.717, 1.165) is 47.3 Å². The van der Waals surface area contributed by atoms with Gasteiger partial charge in [0.15, 0.2) is 16.3 Å². The Labute approximate surface area is 278 Å². The molecule has 5 rings (SSSR count). The van der Waals surface area contributed by atoms with Crippen molar-refractivity contribution in [3.8, 4) is 0 Å². The van der Waals surface area contributed by atoms with Crippen LogP contribution in [0.4, 0.5) is 13.2 Å². The van der Waals surface area contributed by atoms with Gasteiger partial charge in [-0.1, -0.05) is 76.3 Å². The van der Waals surface area contributed by atoms with Crippen molar-refractivity contribution in [2.24, 2.45) is 46.3 Å². The molecule has 0 amide bonds. The topological polar surface area (TPSA) is 61.1 Å². The largest absolute Gasteiger partial charge is 0.741 e. The molecule has 1 aromatic rings. The molecule has 0 aromatic carbocycles. The second kappa shape index (κ2) is 14.8. The van der Waals surface area contributed by atoms with Gasteiger partial charge in [0.1, 0.15) is 6.54 Å². The summed E-state index contributed by atoms with van der Waals surface area (Å²) < 4.78 is 61.3. The van der Waals surface area contributed by atoms with Crippen LogP contribution in [0.3, 0.4) is 0 Å². The predicted octanol–water partition coefficient (Wildman–Crippen LogP) is 10.2. The van der Waals surface area contributed by atoms with Gasteiger partial charge < -0.3 is 4.55 Å². The van der Waals surface area contributed by atoms with Crippen molar-refractivity contribution >= 4 is 31.7 Å². The maximum absolute atomic E-state index is 10.7. The number of allylic oxidation sites excluding steroid dienone is 2. The van der Waals surface area contributed by atoms with Crippen LogP contribution in [0.15, 0.2) is 41.1 Å². The molecule has 45 heavy (non-hydrogen) atoms. The van der Waals surface area contributed by atoms with Crippen LogP contribution < -0.4 is 4.57 Å². The van der Waals surface area contributed by atoms with Gasteiger partial charge >= 0.3 is 5.51 Å². The van der Waals surface area contributed by atoms with Gasteiger partial charge in [0.2, 0.25) is 0 Å². The van der Waals surface area contributed by atoms with Crippen LogP contribution in [0.5, 0.6) is 0 Å². The standard InChI is InChI=1S/C34H54NS2.CHF3O3S/c1-7-35-22-9-8-13-32(35)37-36-27-18-20-33(5)26(23-27)14-15-28-30-17-16-29(25(4)12-10-11-24(2)3)34(30,6)21-19-31(28)33;2-1(3,4)8(5,6)7/h8-9,13-14,22,24-25,27-31H,7,10-12,15-21,23H2,1-6H3;(H,5,6,7)/q+1;/p-1/t25-,27?,28+,29-,30+,31+,33+,34-;/m1./s1. The number of fused-ring (bicyclic) bond motifs is 5. The highest BCUT2D eigenvalue weighted by molar-refractivity contribution is 8.76. The SMILES string of the molecule is CC[n+]1ccccc1SSC1CC[C@@]2(C)C(=CC[C@H]3[C@@H]4CC[C@H]([C@H](C)CCCC(C)C)[C@@]4(C)CC[C@@H]32)C1.O=S(=O)([O-])C(F)(F)F. The van der Waals surface area contributed by atoms with Crippen LogP contribution in [-0.4, -0.2) is 23.7 Å². The zero-order valence-corrected chi connectivity index (χ0v) is 30.4. The number of hydrogen-bond donors (Lipinski definition) is 0. The minimum absolute atomic E-state index is 0.475. The lowest BCUT2D eigenvalue weighted by atomic mass is 9.47. The van der Waals surface area contributed by atoms with Crippen molar-refractivity contribution in [2.75, 3.05) is 0 Å². The third kappa shape index (κ3) is 8.30. The Balaban J connectivity index is 0.000000510. The smallest absolute Gasteiger partial charge is 0.485 e. The van der Waals surface area contributed by atoms with Gasteiger partial charge in [-0.3, -0.25) is 0 Å². The molecule has 8 atom stereocenters. The second-order valence-electron chi connectivity index (χ2n) is 15.1. The molecule has 10 heteroatoms. The lowest BCUT2D eigenvalue weighted by Gasteiger charge is -2.58. The molecule has 0 spiro atoms. The average Bonchev–Trinajstić information content (AvgIpc) is 3.32. The third-order valence-corrected chi connectivity index (χ3v) is 15.5. The Hall–Kier alpha value is -0.710. The van der Waals surface area contributed by atoms with Crippen LogP contribution in [0, 0.1) is 46.3 Å². The maximum atomic E-state index is 10.7. The number of nitrogens with zero attached hydrogens (tertiary/aromatic N) is 1. The van der Waals surface area contributed by atoms with Crippen molar-refractivity contribution in [3.05, 3.63) is 36.0 Å². The molecule has 0 saturated heterocycles. The van der Waals surface area contributed by atoms with Gasteiger partial charge in [-0.2, -0.15) is 17.7 Å². The highest BCUT2D eigenvalue weighted by Gasteiger charge is 2.59. The summed E-state index contributed by atoms with van der Waals surface area (Å²) in [6.07, 6.45) is 20.8. The van der Waals surface area contributed by atoms with E-state index in [9.17, 15) is 13.2 Å². The number of pyridine rings is 1. The molecular weight excluding hydrogens is 636 g/mol. The zero-order chi connectivity index (χ0) is 33.2. The summed E-state index contributed by atoms with van der Waals surface area (Å²) >= 11 is 0. The van der Waals surface area contributed by atoms with E-state index >= 15 is 0 Å². The van der Waals surface area contributed by atoms with Crippen LogP contribution in [0.1, 0.15) is 112 Å². The molecule has 3 saturated carbocycles. The number of aromatic nitrogens is 1. The third-order valence-electron chi connectivity index (χ3n) is 12.1. The summed E-state index contributed by atoms with van der Waals surface area (Å²) in [5.41, 5.74) is -2.72. The fraction of sp³-hybridized carbons (Fsp3) is 0.800. The van der Waals surface area contributed by atoms with E-state index in [1.165, 1.54) is 75.7 Å². The molecule has 0 bridgehead atoms. The number of alkyl halides is 3. The molecule has 4 aliphatic rings. The van der Waals surface area contributed by atoms with Gasteiger partial charge in [-0.25, -0.2) is 8.42 Å². The average molecular weight is 690 g/mol. The number of aryl methyl sites for hydroxylation is 1. The highest BCUT2D eigenvalue weighted by Crippen LogP contribution is 2.67. The fourth-order valence-corrected chi connectivity index (χ4v) is 12.4. The first-order chi connectivity index (χ1) is 21.0. The first-order valence-corrected chi connectivity index (χ1v) is 20.7. The van der Waals surface area contributed by atoms with Crippen molar-refractivity contribution in [3.63, 3.8) is 0 Å². The van der Waals surface area contributed by atoms with Gasteiger partial charge in [0.05, 0.1) is 0 Å². The van der Waals surface area contributed by atoms with E-state index < -0.39 is 15.6 Å². The van der Waals surface area contributed by atoms with Gasteiger partial charge in [0.25, 0.3) is 5.03 Å². The van der Waals surface area contributed by atoms with E-state index in [2.05, 4.69) is 87.4 Å². The summed E-state index contributed by atoms with van der Waals surface area (Å²) in [5, 5.41) is 2.17. The minimum atomic E-state index is -6.09. The van der Waals surface area contributed by atoms with Crippen LogP contribution in [0.2, 0.25) is 0 Å². The van der Waals surface area contributed by atoms with Crippen LogP contribution >= 0.6 is 21.6 Å². The van der Waals surface area contributed by atoms with Gasteiger partial charge in [0, 0.05) is 28.2 Å². The molecule has 1 unspecified atom stereocenters. The molecule has 4 aliphatic carbocycles. The van der Waals surface area contributed by atoms with Gasteiger partial charge in [-0.15, -0.1) is 0 Å². The fourth-order valence-electron chi connectivity index (χ4n) is 9.65. The molecule has 4 nitrogen and oxygen atoms in total. The first-order valence-electron chi connectivity index (χ1n) is 17.0. The molecule has 1 aromatic heterocycles. The summed E-state index contributed by atoms with van der Waals surface area (Å²) in [5.74, 6) is 5.61. The first kappa shape index (κ1) is 37.1. The minimum Gasteiger partial charge on any atom is -0.741 e. The van der Waals surface area contributed by atoms with E-state index in [-0.39, 0.29) is 0 Å². The lowest BCUT2D eigenvalue weighted by molar-refractivity contribution is -0.729. The van der Waals surface area contributed by atoms with E-state index in [4.69, 9.17) is 13.0 Å². The van der Waals surface area contributed by atoms with E-state index in [1.54, 1.807) is 0 Å². The molecule has 1 heterocycles.